The molecule has 88 heavy (non-hydrogen) atoms. The first-order valence-electron chi connectivity index (χ1n) is 40.9. The molecule has 0 saturated heterocycles. The molecule has 0 aromatic rings. The number of aliphatic hydroxyl groups is 2. The van der Waals surface area contributed by atoms with Crippen molar-refractivity contribution in [2.75, 3.05) is 13.2 Å². The molecule has 2 unspecified atom stereocenters. The van der Waals surface area contributed by atoms with Gasteiger partial charge in [0.15, 0.2) is 0 Å². The van der Waals surface area contributed by atoms with Crippen LogP contribution < -0.4 is 5.32 Å². The topological polar surface area (TPSA) is 95.9 Å². The number of carbonyl (C=O) groups excluding carboxylic acids is 2. The molecule has 0 aliphatic rings. The van der Waals surface area contributed by atoms with E-state index >= 15 is 0 Å². The van der Waals surface area contributed by atoms with Crippen LogP contribution in [0.3, 0.4) is 0 Å². The predicted molar refractivity (Wildman–Crippen MR) is 389 cm³/mol. The van der Waals surface area contributed by atoms with E-state index in [0.717, 1.165) is 44.9 Å². The normalized spacial score (nSPS) is 12.5. The minimum absolute atomic E-state index is 0.0140. The van der Waals surface area contributed by atoms with Gasteiger partial charge in [0.05, 0.1) is 25.4 Å². The molecular weight excluding hydrogens is 1080 g/mol. The summed E-state index contributed by atoms with van der Waals surface area (Å²) in [5, 5.41) is 23.5. The quantitative estimate of drug-likeness (QED) is 0.0320. The first kappa shape index (κ1) is 86.6. The van der Waals surface area contributed by atoms with E-state index in [4.69, 9.17) is 4.74 Å². The van der Waals surface area contributed by atoms with E-state index in [1.54, 1.807) is 0 Å². The zero-order chi connectivity index (χ0) is 63.5. The van der Waals surface area contributed by atoms with Crippen molar-refractivity contribution in [3.05, 3.63) is 12.2 Å². The lowest BCUT2D eigenvalue weighted by Crippen LogP contribution is -2.45. The van der Waals surface area contributed by atoms with Gasteiger partial charge in [-0.05, 0) is 51.4 Å². The van der Waals surface area contributed by atoms with Crippen molar-refractivity contribution in [1.29, 1.82) is 0 Å². The SMILES string of the molecule is CCCCCCC/C=C\CCCCCCCC(=O)OCCCCCCCCCCCCCCCCCCCCCCCCCCCCCCCCCCC(=O)NC(CO)C(O)CCCCCCCCCCCCCCCCCCCCCCCCCCC. The Labute approximate surface area is 552 Å². The Morgan fingerprint density at radius 1 is 0.307 bits per heavy atom. The first-order valence-corrected chi connectivity index (χ1v) is 40.9. The number of ether oxygens (including phenoxy) is 1. The standard InChI is InChI=1S/C82H161NO5/c1-3-5-7-9-11-13-15-17-19-20-21-22-23-32-35-38-41-44-47-50-54-58-62-66-70-74-80(85)79(78-84)83-81(86)75-71-67-63-59-55-51-48-45-42-39-36-33-30-28-26-24-25-27-29-31-34-37-40-43-46-49-53-57-61-65-69-73-77-88-82(87)76-72-68-64-60-56-52-18-16-14-12-10-8-6-4-2/h16,18,79-80,84-85H,3-15,17,19-78H2,1-2H3,(H,83,86)/b18-16-. The third kappa shape index (κ3) is 73.6. The van der Waals surface area contributed by atoms with Gasteiger partial charge in [-0.3, -0.25) is 9.59 Å². The average molecular weight is 1240 g/mol. The highest BCUT2D eigenvalue weighted by Gasteiger charge is 2.20. The molecule has 0 rings (SSSR count). The Hall–Kier alpha value is -1.40. The molecule has 1 amide bonds. The van der Waals surface area contributed by atoms with Crippen LogP contribution in [0.5, 0.6) is 0 Å². The lowest BCUT2D eigenvalue weighted by Gasteiger charge is -2.22. The number of unbranched alkanes of at least 4 members (excludes halogenated alkanes) is 65. The molecule has 6 heteroatoms. The molecule has 6 nitrogen and oxygen atoms in total. The fourth-order valence-electron chi connectivity index (χ4n) is 13.3. The summed E-state index contributed by atoms with van der Waals surface area (Å²) in [5.41, 5.74) is 0. The summed E-state index contributed by atoms with van der Waals surface area (Å²) in [6.07, 6.45) is 98.9. The third-order valence-corrected chi connectivity index (χ3v) is 19.6. The van der Waals surface area contributed by atoms with Crippen molar-refractivity contribution in [1.82, 2.24) is 5.32 Å². The van der Waals surface area contributed by atoms with Gasteiger partial charge >= 0.3 is 5.97 Å². The molecule has 0 saturated carbocycles. The van der Waals surface area contributed by atoms with Crippen LogP contribution in [0.15, 0.2) is 12.2 Å². The maximum absolute atomic E-state index is 12.6. The largest absolute Gasteiger partial charge is 0.466 e. The molecular formula is C82H161NO5. The summed E-state index contributed by atoms with van der Waals surface area (Å²) < 4.78 is 5.50. The lowest BCUT2D eigenvalue weighted by molar-refractivity contribution is -0.143. The molecule has 524 valence electrons. The van der Waals surface area contributed by atoms with Gasteiger partial charge in [0, 0.05) is 12.8 Å². The highest BCUT2D eigenvalue weighted by molar-refractivity contribution is 5.76. The number of hydrogen-bond acceptors (Lipinski definition) is 5. The minimum atomic E-state index is -0.662. The Kier molecular flexibility index (Phi) is 76.8. The van der Waals surface area contributed by atoms with Gasteiger partial charge in [0.25, 0.3) is 0 Å². The highest BCUT2D eigenvalue weighted by atomic mass is 16.5. The number of allylic oxidation sites excluding steroid dienone is 2. The zero-order valence-corrected chi connectivity index (χ0v) is 60.3. The molecule has 0 spiro atoms. The van der Waals surface area contributed by atoms with E-state index in [-0.39, 0.29) is 18.5 Å². The van der Waals surface area contributed by atoms with Gasteiger partial charge in [-0.1, -0.05) is 424 Å². The van der Waals surface area contributed by atoms with Crippen LogP contribution in [0, 0.1) is 0 Å². The van der Waals surface area contributed by atoms with Gasteiger partial charge in [-0.25, -0.2) is 0 Å². The van der Waals surface area contributed by atoms with Crippen LogP contribution in [0.25, 0.3) is 0 Å². The molecule has 0 aromatic carbocycles. The van der Waals surface area contributed by atoms with Crippen LogP contribution in [0.2, 0.25) is 0 Å². The second kappa shape index (κ2) is 78.0. The number of carbonyl (C=O) groups is 2. The molecule has 0 aliphatic heterocycles. The molecule has 2 atom stereocenters. The number of esters is 1. The third-order valence-electron chi connectivity index (χ3n) is 19.6. The number of rotatable bonds is 78. The lowest BCUT2D eigenvalue weighted by atomic mass is 10.0. The van der Waals surface area contributed by atoms with Gasteiger partial charge in [0.2, 0.25) is 5.91 Å². The molecule has 0 bridgehead atoms. The highest BCUT2D eigenvalue weighted by Crippen LogP contribution is 2.21. The molecule has 0 aliphatic carbocycles. The molecule has 0 fully saturated rings. The smallest absolute Gasteiger partial charge is 0.305 e. The van der Waals surface area contributed by atoms with Crippen LogP contribution in [0.1, 0.15) is 476 Å². The first-order chi connectivity index (χ1) is 43.5. The van der Waals surface area contributed by atoms with Crippen LogP contribution in [0.4, 0.5) is 0 Å². The summed E-state index contributed by atoms with van der Waals surface area (Å²) in [5.74, 6) is -0.00999. The van der Waals surface area contributed by atoms with E-state index in [1.807, 2.05) is 0 Å². The van der Waals surface area contributed by atoms with Crippen molar-refractivity contribution in [3.63, 3.8) is 0 Å². The molecule has 0 heterocycles. The van der Waals surface area contributed by atoms with Crippen molar-refractivity contribution in [2.45, 2.75) is 488 Å². The van der Waals surface area contributed by atoms with E-state index in [9.17, 15) is 19.8 Å². The molecule has 0 aromatic heterocycles. The Balaban J connectivity index is 3.33. The van der Waals surface area contributed by atoms with Gasteiger partial charge in [0.1, 0.15) is 0 Å². The van der Waals surface area contributed by atoms with Crippen molar-refractivity contribution < 1.29 is 24.5 Å². The second-order valence-electron chi connectivity index (χ2n) is 28.5. The van der Waals surface area contributed by atoms with Crippen molar-refractivity contribution in [2.24, 2.45) is 0 Å². The maximum atomic E-state index is 12.6. The van der Waals surface area contributed by atoms with Crippen LogP contribution in [-0.4, -0.2) is 47.4 Å². The van der Waals surface area contributed by atoms with E-state index in [2.05, 4.69) is 31.3 Å². The minimum Gasteiger partial charge on any atom is -0.466 e. The van der Waals surface area contributed by atoms with Gasteiger partial charge < -0.3 is 20.3 Å². The Morgan fingerprint density at radius 3 is 0.807 bits per heavy atom. The Morgan fingerprint density at radius 2 is 0.534 bits per heavy atom. The van der Waals surface area contributed by atoms with E-state index in [0.29, 0.717) is 25.9 Å². The van der Waals surface area contributed by atoms with Crippen molar-refractivity contribution in [3.8, 4) is 0 Å². The second-order valence-corrected chi connectivity index (χ2v) is 28.5. The monoisotopic (exact) mass is 1240 g/mol. The van der Waals surface area contributed by atoms with Crippen LogP contribution >= 0.6 is 0 Å². The van der Waals surface area contributed by atoms with Crippen molar-refractivity contribution >= 4 is 11.9 Å². The summed E-state index contributed by atoms with van der Waals surface area (Å²) >= 11 is 0. The van der Waals surface area contributed by atoms with Crippen LogP contribution in [-0.2, 0) is 14.3 Å². The Bertz CT molecular complexity index is 1340. The molecule has 3 N–H and O–H groups in total. The zero-order valence-electron chi connectivity index (χ0n) is 60.3. The summed E-state index contributed by atoms with van der Waals surface area (Å²) in [6, 6.07) is -0.539. The number of nitrogens with one attached hydrogen (secondary N) is 1. The fourth-order valence-corrected chi connectivity index (χ4v) is 13.3. The number of hydrogen-bond donors (Lipinski definition) is 3. The average Bonchev–Trinajstić information content (AvgIpc) is 3.58. The van der Waals surface area contributed by atoms with Gasteiger partial charge in [-0.2, -0.15) is 0 Å². The van der Waals surface area contributed by atoms with Gasteiger partial charge in [-0.15, -0.1) is 0 Å². The summed E-state index contributed by atoms with van der Waals surface area (Å²) in [4.78, 5) is 24.7. The summed E-state index contributed by atoms with van der Waals surface area (Å²) in [7, 11) is 0. The number of aliphatic hydroxyl groups excluding tert-OH is 2. The predicted octanol–water partition coefficient (Wildman–Crippen LogP) is 27.1. The summed E-state index contributed by atoms with van der Waals surface area (Å²) in [6.45, 7) is 5.00. The van der Waals surface area contributed by atoms with E-state index < -0.39 is 12.1 Å². The maximum Gasteiger partial charge on any atom is 0.305 e. The fraction of sp³-hybridized carbons (Fsp3) is 0.951. The number of amides is 1. The molecule has 0 radical (unpaired) electrons. The van der Waals surface area contributed by atoms with E-state index in [1.165, 1.54) is 398 Å².